The van der Waals surface area contributed by atoms with E-state index in [2.05, 4.69) is 76.5 Å². The summed E-state index contributed by atoms with van der Waals surface area (Å²) in [5.41, 5.74) is 4.65. The molecule has 252 valence electrons. The van der Waals surface area contributed by atoms with Gasteiger partial charge in [0.15, 0.2) is 0 Å². The Morgan fingerprint density at radius 1 is 1.04 bits per heavy atom. The first-order chi connectivity index (χ1) is 23.5. The molecule has 3 aromatic rings. The smallest absolute Gasteiger partial charge is 0.318 e. The second-order valence-corrected chi connectivity index (χ2v) is 13.9. The number of amides is 1. The Morgan fingerprint density at radius 2 is 1.90 bits per heavy atom. The third-order valence-corrected chi connectivity index (χ3v) is 10.5. The van der Waals surface area contributed by atoms with Crippen LogP contribution in [-0.4, -0.2) is 96.7 Å². The van der Waals surface area contributed by atoms with Gasteiger partial charge in [-0.25, -0.2) is 0 Å². The van der Waals surface area contributed by atoms with Gasteiger partial charge in [-0.3, -0.25) is 4.79 Å². The number of anilines is 2. The molecule has 10 heteroatoms. The first-order valence-electron chi connectivity index (χ1n) is 17.8. The SMILES string of the molecule is Cc1cccc2cccc(N3CCCc4c(nc(OC[C@H]5CCCN5C)nc4N4CCN(C(=O)/C=C/CNC5CC5)[C@@H](CC#N)C4)C3)c12. The maximum atomic E-state index is 13.3. The number of likely N-dealkylation sites (tertiary alicyclic amines) is 1. The van der Waals surface area contributed by atoms with Crippen LogP contribution in [0.1, 0.15) is 55.3 Å². The van der Waals surface area contributed by atoms with Gasteiger partial charge < -0.3 is 29.7 Å². The van der Waals surface area contributed by atoms with Crippen LogP contribution >= 0.6 is 0 Å². The number of carbonyl (C=O) groups is 1. The predicted molar refractivity (Wildman–Crippen MR) is 189 cm³/mol. The van der Waals surface area contributed by atoms with Gasteiger partial charge >= 0.3 is 6.01 Å². The van der Waals surface area contributed by atoms with Gasteiger partial charge in [-0.05, 0) is 76.1 Å². The third kappa shape index (κ3) is 7.13. The highest BCUT2D eigenvalue weighted by Gasteiger charge is 2.33. The average molecular weight is 649 g/mol. The lowest BCUT2D eigenvalue weighted by molar-refractivity contribution is -0.128. The van der Waals surface area contributed by atoms with Gasteiger partial charge in [-0.1, -0.05) is 36.4 Å². The van der Waals surface area contributed by atoms with Gasteiger partial charge in [0.2, 0.25) is 5.91 Å². The molecule has 4 aliphatic rings. The van der Waals surface area contributed by atoms with E-state index in [1.807, 2.05) is 11.0 Å². The maximum absolute atomic E-state index is 13.3. The molecule has 2 aromatic carbocycles. The standard InChI is InChI=1S/C38H48N8O2/c1-27-8-3-9-28-10-4-13-34(36(27)28)44-21-7-12-32-33(25-44)41-38(48-26-31-11-6-20-43(31)2)42-37(32)45-22-23-46(30(24-45)17-18-39)35(47)14-5-19-40-29-15-16-29/h3-5,8-10,13-14,29-31,40H,6-7,11-12,15-17,19-26H2,1-2H3/b14-5+/t30-,31+/m0/s1. The van der Waals surface area contributed by atoms with Crippen molar-refractivity contribution < 1.29 is 9.53 Å². The Bertz CT molecular complexity index is 1690. The van der Waals surface area contributed by atoms with Crippen LogP contribution in [0.3, 0.4) is 0 Å². The van der Waals surface area contributed by atoms with E-state index in [1.54, 1.807) is 6.08 Å². The number of nitrogens with zero attached hydrogens (tertiary/aromatic N) is 7. The lowest BCUT2D eigenvalue weighted by Gasteiger charge is -2.41. The van der Waals surface area contributed by atoms with E-state index in [0.717, 1.165) is 49.4 Å². The van der Waals surface area contributed by atoms with E-state index < -0.39 is 0 Å². The van der Waals surface area contributed by atoms with Crippen LogP contribution in [0.2, 0.25) is 0 Å². The van der Waals surface area contributed by atoms with Crippen molar-refractivity contribution in [3.8, 4) is 12.1 Å². The number of likely N-dealkylation sites (N-methyl/N-ethyl adjacent to an activating group) is 1. The molecule has 1 N–H and O–H groups in total. The molecular formula is C38H48N8O2. The normalized spacial score (nSPS) is 21.8. The summed E-state index contributed by atoms with van der Waals surface area (Å²) in [6.45, 7) is 7.83. The molecule has 1 aliphatic carbocycles. The monoisotopic (exact) mass is 648 g/mol. The molecule has 4 heterocycles. The van der Waals surface area contributed by atoms with E-state index >= 15 is 0 Å². The number of carbonyl (C=O) groups excluding carboxylic acids is 1. The van der Waals surface area contributed by atoms with Crippen molar-refractivity contribution in [1.82, 2.24) is 25.1 Å². The Hall–Kier alpha value is -4.20. The van der Waals surface area contributed by atoms with Crippen LogP contribution in [0, 0.1) is 18.3 Å². The predicted octanol–water partition coefficient (Wildman–Crippen LogP) is 4.60. The number of rotatable bonds is 10. The van der Waals surface area contributed by atoms with E-state index in [9.17, 15) is 10.1 Å². The third-order valence-electron chi connectivity index (χ3n) is 10.5. The van der Waals surface area contributed by atoms with Crippen molar-refractivity contribution in [2.45, 2.75) is 76.5 Å². The second-order valence-electron chi connectivity index (χ2n) is 13.9. The van der Waals surface area contributed by atoms with E-state index in [0.29, 0.717) is 57.4 Å². The second kappa shape index (κ2) is 14.5. The van der Waals surface area contributed by atoms with Crippen molar-refractivity contribution >= 4 is 28.2 Å². The molecule has 2 atom stereocenters. The summed E-state index contributed by atoms with van der Waals surface area (Å²) in [6.07, 6.45) is 10.4. The topological polar surface area (TPSA) is 101 Å². The summed E-state index contributed by atoms with van der Waals surface area (Å²) in [6, 6.07) is 16.6. The number of aryl methyl sites for hydroxylation is 1. The number of fused-ring (bicyclic) bond motifs is 2. The molecule has 48 heavy (non-hydrogen) atoms. The van der Waals surface area contributed by atoms with E-state index in [1.165, 1.54) is 41.3 Å². The summed E-state index contributed by atoms with van der Waals surface area (Å²) in [5, 5.41) is 15.7. The fourth-order valence-corrected chi connectivity index (χ4v) is 7.65. The summed E-state index contributed by atoms with van der Waals surface area (Å²) in [7, 11) is 2.16. The highest BCUT2D eigenvalue weighted by Crippen LogP contribution is 2.35. The number of hydrogen-bond donors (Lipinski definition) is 1. The molecule has 0 unspecified atom stereocenters. The first-order valence-corrected chi connectivity index (χ1v) is 17.8. The summed E-state index contributed by atoms with van der Waals surface area (Å²) in [5.74, 6) is 0.865. The molecule has 7 rings (SSSR count). The van der Waals surface area contributed by atoms with Crippen LogP contribution in [-0.2, 0) is 17.8 Å². The van der Waals surface area contributed by atoms with Crippen molar-refractivity contribution in [3.63, 3.8) is 0 Å². The van der Waals surface area contributed by atoms with E-state index in [-0.39, 0.29) is 18.4 Å². The summed E-state index contributed by atoms with van der Waals surface area (Å²) >= 11 is 0. The number of benzene rings is 2. The fraction of sp³-hybridized carbons (Fsp3) is 0.526. The van der Waals surface area contributed by atoms with Crippen molar-refractivity contribution in [2.24, 2.45) is 0 Å². The lowest BCUT2D eigenvalue weighted by atomic mass is 10.0. The van der Waals surface area contributed by atoms with Gasteiger partial charge in [0.1, 0.15) is 12.4 Å². The molecule has 0 radical (unpaired) electrons. The molecule has 2 saturated heterocycles. The van der Waals surface area contributed by atoms with Crippen LogP contribution in [0.15, 0.2) is 48.6 Å². The lowest BCUT2D eigenvalue weighted by Crippen LogP contribution is -2.55. The fourth-order valence-electron chi connectivity index (χ4n) is 7.65. The number of aromatic nitrogens is 2. The zero-order valence-electron chi connectivity index (χ0n) is 28.4. The molecule has 1 saturated carbocycles. The molecule has 1 aromatic heterocycles. The van der Waals surface area contributed by atoms with Gasteiger partial charge in [-0.15, -0.1) is 0 Å². The summed E-state index contributed by atoms with van der Waals surface area (Å²) in [4.78, 5) is 32.4. The number of piperazine rings is 1. The average Bonchev–Trinajstić information content (AvgIpc) is 3.87. The zero-order valence-corrected chi connectivity index (χ0v) is 28.4. The minimum absolute atomic E-state index is 0.0280. The maximum Gasteiger partial charge on any atom is 0.318 e. The van der Waals surface area contributed by atoms with Crippen LogP contribution < -0.4 is 19.9 Å². The van der Waals surface area contributed by atoms with Gasteiger partial charge in [0, 0.05) is 67.5 Å². The van der Waals surface area contributed by atoms with Crippen molar-refractivity contribution in [3.05, 3.63) is 65.4 Å². The largest absolute Gasteiger partial charge is 0.462 e. The Labute approximate surface area is 284 Å². The summed E-state index contributed by atoms with van der Waals surface area (Å²) < 4.78 is 6.40. The van der Waals surface area contributed by atoms with E-state index in [4.69, 9.17) is 14.7 Å². The first kappa shape index (κ1) is 32.4. The minimum Gasteiger partial charge on any atom is -0.462 e. The van der Waals surface area contributed by atoms with Crippen LogP contribution in [0.4, 0.5) is 11.5 Å². The van der Waals surface area contributed by atoms with Gasteiger partial charge in [0.25, 0.3) is 0 Å². The highest BCUT2D eigenvalue weighted by atomic mass is 16.5. The molecule has 10 nitrogen and oxygen atoms in total. The van der Waals surface area contributed by atoms with Crippen LogP contribution in [0.5, 0.6) is 6.01 Å². The Kier molecular flexibility index (Phi) is 9.78. The molecule has 0 spiro atoms. The van der Waals surface area contributed by atoms with Gasteiger partial charge in [0.05, 0.1) is 30.8 Å². The molecule has 3 fully saturated rings. The Morgan fingerprint density at radius 3 is 2.69 bits per heavy atom. The number of hydrogen-bond acceptors (Lipinski definition) is 9. The van der Waals surface area contributed by atoms with Crippen molar-refractivity contribution in [2.75, 3.05) is 62.7 Å². The molecule has 0 bridgehead atoms. The molecule has 1 amide bonds. The Balaban J connectivity index is 1.17. The minimum atomic E-state index is -0.222. The quantitative estimate of drug-likeness (QED) is 0.316. The highest BCUT2D eigenvalue weighted by molar-refractivity contribution is 5.97. The molecular weight excluding hydrogens is 600 g/mol. The van der Waals surface area contributed by atoms with Crippen molar-refractivity contribution in [1.29, 1.82) is 5.26 Å². The van der Waals surface area contributed by atoms with Crippen LogP contribution in [0.25, 0.3) is 10.8 Å². The number of nitriles is 1. The zero-order chi connectivity index (χ0) is 33.0. The molecule has 3 aliphatic heterocycles. The number of nitrogens with one attached hydrogen (secondary N) is 1. The van der Waals surface area contributed by atoms with Gasteiger partial charge in [-0.2, -0.15) is 15.2 Å². The number of ether oxygens (including phenoxy) is 1.